The molecule has 0 aliphatic carbocycles. The van der Waals surface area contributed by atoms with Crippen LogP contribution in [0.1, 0.15) is 55.2 Å². The summed E-state index contributed by atoms with van der Waals surface area (Å²) in [6, 6.07) is 20.5. The highest BCUT2D eigenvalue weighted by atomic mass is 35.5. The maximum absolute atomic E-state index is 13.7. The van der Waals surface area contributed by atoms with Crippen LogP contribution in [0.25, 0.3) is 10.8 Å². The summed E-state index contributed by atoms with van der Waals surface area (Å²) in [6.45, 7) is 1.15. The molecule has 3 atom stereocenters. The smallest absolute Gasteiger partial charge is 0.276 e. The Morgan fingerprint density at radius 1 is 0.571 bits per heavy atom. The molecule has 0 bridgehead atoms. The lowest BCUT2D eigenvalue weighted by Crippen LogP contribution is -2.52. The van der Waals surface area contributed by atoms with Gasteiger partial charge in [0, 0.05) is 44.0 Å². The molecule has 3 N–H and O–H groups in total. The van der Waals surface area contributed by atoms with Crippen molar-refractivity contribution in [3.05, 3.63) is 105 Å². The van der Waals surface area contributed by atoms with Gasteiger partial charge >= 0.3 is 0 Å². The molecule has 0 spiro atoms. The number of nitro groups is 1. The van der Waals surface area contributed by atoms with Crippen molar-refractivity contribution in [3.8, 4) is 0 Å². The van der Waals surface area contributed by atoms with Gasteiger partial charge in [-0.15, -0.1) is 12.4 Å². The minimum atomic E-state index is -0.528. The Morgan fingerprint density at radius 2 is 1.02 bits per heavy atom. The molecule has 6 aliphatic rings. The van der Waals surface area contributed by atoms with Crippen molar-refractivity contribution < 1.29 is 38.1 Å². The van der Waals surface area contributed by atoms with Gasteiger partial charge in [-0.05, 0) is 65.9 Å². The van der Waals surface area contributed by atoms with E-state index < -0.39 is 17.0 Å². The second-order valence-electron chi connectivity index (χ2n) is 15.2. The Morgan fingerprint density at radius 3 is 1.52 bits per heavy atom. The number of halogens is 2. The normalized spacial score (nSPS) is 21.0. The summed E-state index contributed by atoms with van der Waals surface area (Å²) >= 11 is 0. The standard InChI is InChI=1S/C17H15N3O2.C13H12FN3O2.C13H12N4O4.ClH/c21-16-6-5-15(17(22)19-16)20-9-13-7-11-3-1-2-4-12(11)8-14(13)18-10-20;14-9-2-1-3-10-8(9)6-17(7-15-10)11-4-5-12(18)16-13(11)19;18-12-5-4-11(13(19)15-12)16-6-8-9(14-7-16)2-1-3-10(8)17(20)21;/h1-4,7-8,10,15H,5-6,9H2,(H,19,21,22);1-3,7,11H,4-6H2,(H,16,18,19);1-3,7,11H,4-6H2,(H,15,18,19);1H. The van der Waals surface area contributed by atoms with Gasteiger partial charge in [-0.25, -0.2) is 19.4 Å². The molecule has 3 unspecified atom stereocenters. The fourth-order valence-corrected chi connectivity index (χ4v) is 8.02. The molecule has 4 aromatic rings. The first-order valence-electron chi connectivity index (χ1n) is 19.9. The summed E-state index contributed by atoms with van der Waals surface area (Å²) in [7, 11) is 0. The van der Waals surface area contributed by atoms with Gasteiger partial charge in [0.15, 0.2) is 0 Å². The number of carbonyl (C=O) groups excluding carboxylic acids is 6. The number of aliphatic imine (C=N–C) groups is 3. The zero-order valence-electron chi connectivity index (χ0n) is 33.4. The highest BCUT2D eigenvalue weighted by Crippen LogP contribution is 2.34. The number of nitrogens with one attached hydrogen (secondary N) is 3. The van der Waals surface area contributed by atoms with Crippen LogP contribution in [0.3, 0.4) is 0 Å². The van der Waals surface area contributed by atoms with E-state index in [2.05, 4.69) is 55.2 Å². The van der Waals surface area contributed by atoms with Gasteiger partial charge in [-0.1, -0.05) is 36.4 Å². The molecule has 63 heavy (non-hydrogen) atoms. The average Bonchev–Trinajstić information content (AvgIpc) is 3.26. The van der Waals surface area contributed by atoms with E-state index in [0.717, 1.165) is 16.6 Å². The molecule has 3 fully saturated rings. The van der Waals surface area contributed by atoms with Gasteiger partial charge in [0.25, 0.3) is 5.69 Å². The van der Waals surface area contributed by atoms with Gasteiger partial charge in [0.05, 0.1) is 53.1 Å². The molecule has 0 radical (unpaired) electrons. The summed E-state index contributed by atoms with van der Waals surface area (Å²) < 4.78 is 13.7. The third-order valence-electron chi connectivity index (χ3n) is 11.3. The molecule has 6 aliphatic heterocycles. The topological polar surface area (TPSA) is 228 Å². The molecule has 0 saturated carbocycles. The monoisotopic (exact) mass is 878 g/mol. The predicted molar refractivity (Wildman–Crippen MR) is 230 cm³/mol. The third kappa shape index (κ3) is 9.57. The van der Waals surface area contributed by atoms with E-state index in [-0.39, 0.29) is 84.9 Å². The molecule has 20 heteroatoms. The highest BCUT2D eigenvalue weighted by molar-refractivity contribution is 6.02. The van der Waals surface area contributed by atoms with Gasteiger partial charge in [-0.2, -0.15) is 0 Å². The lowest BCUT2D eigenvalue weighted by molar-refractivity contribution is -0.385. The minimum Gasteiger partial charge on any atom is -0.346 e. The predicted octanol–water partition coefficient (Wildman–Crippen LogP) is 4.52. The summed E-state index contributed by atoms with van der Waals surface area (Å²) in [4.78, 5) is 97.8. The van der Waals surface area contributed by atoms with Crippen LogP contribution in [0.15, 0.2) is 87.8 Å². The van der Waals surface area contributed by atoms with E-state index in [1.54, 1.807) is 46.7 Å². The number of carbonyl (C=O) groups is 6. The zero-order chi connectivity index (χ0) is 43.5. The van der Waals surface area contributed by atoms with E-state index in [4.69, 9.17) is 0 Å². The van der Waals surface area contributed by atoms with Crippen molar-refractivity contribution in [2.75, 3.05) is 0 Å². The van der Waals surface area contributed by atoms with Gasteiger partial charge in [0.1, 0.15) is 23.9 Å². The summed E-state index contributed by atoms with van der Waals surface area (Å²) in [5, 5.41) is 20.4. The van der Waals surface area contributed by atoms with Gasteiger partial charge in [-0.3, -0.25) is 54.8 Å². The van der Waals surface area contributed by atoms with Crippen LogP contribution < -0.4 is 16.0 Å². The Hall–Kier alpha value is -7.41. The number of hydrogen-bond donors (Lipinski definition) is 3. The van der Waals surface area contributed by atoms with E-state index in [0.29, 0.717) is 61.2 Å². The van der Waals surface area contributed by atoms with E-state index >= 15 is 0 Å². The van der Waals surface area contributed by atoms with Crippen LogP contribution in [0, 0.1) is 15.9 Å². The quantitative estimate of drug-likeness (QED) is 0.147. The molecule has 6 heterocycles. The lowest BCUT2D eigenvalue weighted by Gasteiger charge is -2.33. The minimum absolute atomic E-state index is 0. The largest absolute Gasteiger partial charge is 0.346 e. The molecular formula is C43H40ClFN10O8. The van der Waals surface area contributed by atoms with Gasteiger partial charge < -0.3 is 14.7 Å². The number of nitro benzene ring substituents is 1. The number of benzene rings is 4. The van der Waals surface area contributed by atoms with Crippen molar-refractivity contribution in [2.45, 2.75) is 76.3 Å². The van der Waals surface area contributed by atoms with Crippen molar-refractivity contribution in [1.29, 1.82) is 0 Å². The summed E-state index contributed by atoms with van der Waals surface area (Å²) in [6.07, 6.45) is 7.05. The van der Waals surface area contributed by atoms with Gasteiger partial charge in [0.2, 0.25) is 35.4 Å². The molecule has 4 aromatic carbocycles. The first-order valence-corrected chi connectivity index (χ1v) is 19.9. The van der Waals surface area contributed by atoms with Crippen molar-refractivity contribution in [3.63, 3.8) is 0 Å². The molecule has 324 valence electrons. The number of piperidine rings is 3. The van der Waals surface area contributed by atoms with E-state index in [9.17, 15) is 43.3 Å². The van der Waals surface area contributed by atoms with E-state index in [1.165, 1.54) is 23.9 Å². The Bertz CT molecular complexity index is 2640. The van der Waals surface area contributed by atoms with Crippen molar-refractivity contribution >= 4 is 100 Å². The molecule has 18 nitrogen and oxygen atoms in total. The van der Waals surface area contributed by atoms with Crippen molar-refractivity contribution in [2.24, 2.45) is 15.0 Å². The number of amides is 6. The van der Waals surface area contributed by atoms with Crippen LogP contribution >= 0.6 is 12.4 Å². The van der Waals surface area contributed by atoms with Crippen LogP contribution in [-0.2, 0) is 48.4 Å². The number of imide groups is 3. The first kappa shape index (κ1) is 43.7. The van der Waals surface area contributed by atoms with Crippen molar-refractivity contribution in [1.82, 2.24) is 30.7 Å². The third-order valence-corrected chi connectivity index (χ3v) is 11.3. The number of nitrogens with zero attached hydrogens (tertiary/aromatic N) is 7. The summed E-state index contributed by atoms with van der Waals surface area (Å²) in [5.74, 6) is -2.04. The maximum Gasteiger partial charge on any atom is 0.276 e. The zero-order valence-corrected chi connectivity index (χ0v) is 34.3. The molecule has 10 rings (SSSR count). The SMILES string of the molecule is Cl.O=C1CCC(N2C=Nc3cc4ccccc4cc3C2)C(=O)N1.O=C1CCC(N2C=Nc3cccc(F)c3C2)C(=O)N1.O=C1CCC(N2C=Nc3cccc([N+](=O)[O-])c3C2)C(=O)N1. The van der Waals surface area contributed by atoms with Crippen LogP contribution in [-0.4, -0.2) is 92.2 Å². The van der Waals surface area contributed by atoms with Crippen LogP contribution in [0.4, 0.5) is 27.1 Å². The number of hydrogen-bond acceptors (Lipinski definition) is 14. The van der Waals surface area contributed by atoms with E-state index in [1.807, 2.05) is 17.0 Å². The first-order chi connectivity index (χ1) is 29.9. The Balaban J connectivity index is 0.000000141. The fourth-order valence-electron chi connectivity index (χ4n) is 8.02. The second kappa shape index (κ2) is 18.7. The highest BCUT2D eigenvalue weighted by Gasteiger charge is 2.35. The average molecular weight is 879 g/mol. The number of rotatable bonds is 4. The Labute approximate surface area is 364 Å². The van der Waals surface area contributed by atoms with Crippen LogP contribution in [0.5, 0.6) is 0 Å². The summed E-state index contributed by atoms with van der Waals surface area (Å²) in [5.41, 5.74) is 4.12. The molecule has 0 aromatic heterocycles. The molecule has 6 amide bonds. The number of fused-ring (bicyclic) bond motifs is 4. The molecule has 3 saturated heterocycles. The van der Waals surface area contributed by atoms with Crippen LogP contribution in [0.2, 0.25) is 0 Å². The fraction of sp³-hybridized carbons (Fsp3) is 0.279. The molecular weight excluding hydrogens is 839 g/mol. The lowest BCUT2D eigenvalue weighted by atomic mass is 10.0. The Kier molecular flexibility index (Phi) is 13.0. The maximum atomic E-state index is 13.7. The second-order valence-corrected chi connectivity index (χ2v) is 15.2.